The highest BCUT2D eigenvalue weighted by Gasteiger charge is 2.13. The van der Waals surface area contributed by atoms with Crippen LogP contribution in [0.1, 0.15) is 37.9 Å². The molecular formula is C23H28N4O2S. The Morgan fingerprint density at radius 1 is 1.07 bits per heavy atom. The summed E-state index contributed by atoms with van der Waals surface area (Å²) in [7, 11) is 3.74. The first-order valence-electron chi connectivity index (χ1n) is 10.0. The van der Waals surface area contributed by atoms with Crippen molar-refractivity contribution in [1.29, 1.82) is 0 Å². The second kappa shape index (κ2) is 10.8. The van der Waals surface area contributed by atoms with E-state index < -0.39 is 0 Å². The number of nitrogens with one attached hydrogen (secondary N) is 1. The Labute approximate surface area is 181 Å². The van der Waals surface area contributed by atoms with Gasteiger partial charge in [-0.05, 0) is 56.6 Å². The fourth-order valence-corrected chi connectivity index (χ4v) is 3.86. The molecule has 30 heavy (non-hydrogen) atoms. The lowest BCUT2D eigenvalue weighted by Gasteiger charge is -2.14. The van der Waals surface area contributed by atoms with Gasteiger partial charge < -0.3 is 10.1 Å². The molecule has 6 nitrogen and oxygen atoms in total. The number of carbonyl (C=O) groups excluding carboxylic acids is 1. The summed E-state index contributed by atoms with van der Waals surface area (Å²) in [6.07, 6.45) is 2.06. The van der Waals surface area contributed by atoms with Gasteiger partial charge in [-0.1, -0.05) is 53.3 Å². The van der Waals surface area contributed by atoms with E-state index in [-0.39, 0.29) is 5.91 Å². The molecule has 2 aromatic carbocycles. The minimum absolute atomic E-state index is 0.179. The molecule has 0 bridgehead atoms. The number of hydrogen-bond acceptors (Lipinski definition) is 6. The Morgan fingerprint density at radius 3 is 2.47 bits per heavy atom. The van der Waals surface area contributed by atoms with E-state index in [4.69, 9.17) is 4.74 Å². The van der Waals surface area contributed by atoms with Crippen LogP contribution in [-0.2, 0) is 19.5 Å². The smallest absolute Gasteiger partial charge is 0.282 e. The van der Waals surface area contributed by atoms with Crippen LogP contribution < -0.4 is 10.1 Å². The van der Waals surface area contributed by atoms with Crippen LogP contribution >= 0.6 is 11.3 Å². The number of benzene rings is 2. The Hall–Kier alpha value is -2.77. The molecule has 0 radical (unpaired) electrons. The highest BCUT2D eigenvalue weighted by Crippen LogP contribution is 2.14. The fraction of sp³-hybridized carbons (Fsp3) is 0.348. The third-order valence-electron chi connectivity index (χ3n) is 4.80. The summed E-state index contributed by atoms with van der Waals surface area (Å²) in [6, 6.07) is 16.3. The zero-order chi connectivity index (χ0) is 21.3. The first-order valence-corrected chi connectivity index (χ1v) is 10.8. The summed E-state index contributed by atoms with van der Waals surface area (Å²) in [6.45, 7) is 4.16. The Kier molecular flexibility index (Phi) is 7.93. The van der Waals surface area contributed by atoms with Crippen molar-refractivity contribution in [3.05, 3.63) is 75.2 Å². The lowest BCUT2D eigenvalue weighted by atomic mass is 10.1. The molecule has 0 saturated carbocycles. The monoisotopic (exact) mass is 424 g/mol. The van der Waals surface area contributed by atoms with Crippen molar-refractivity contribution < 1.29 is 9.53 Å². The van der Waals surface area contributed by atoms with E-state index in [0.29, 0.717) is 18.1 Å². The predicted molar refractivity (Wildman–Crippen MR) is 120 cm³/mol. The summed E-state index contributed by atoms with van der Waals surface area (Å²) < 4.78 is 5.19. The number of aryl methyl sites for hydroxylation is 2. The fourth-order valence-electron chi connectivity index (χ4n) is 3.03. The summed E-state index contributed by atoms with van der Waals surface area (Å²) in [5.74, 6) is 0.701. The first kappa shape index (κ1) is 21.9. The molecule has 0 spiro atoms. The van der Waals surface area contributed by atoms with Crippen molar-refractivity contribution in [2.24, 2.45) is 0 Å². The molecule has 7 heteroatoms. The van der Waals surface area contributed by atoms with Crippen molar-refractivity contribution in [3.63, 3.8) is 0 Å². The SMILES string of the molecule is COc1ccc(CCCN(C)Cc2nnc(C(=O)NCc3ccc(C)cc3)s2)cc1. The van der Waals surface area contributed by atoms with Gasteiger partial charge in [0.1, 0.15) is 10.8 Å². The summed E-state index contributed by atoms with van der Waals surface area (Å²) in [5.41, 5.74) is 3.56. The second-order valence-electron chi connectivity index (χ2n) is 7.36. The molecule has 0 aliphatic rings. The van der Waals surface area contributed by atoms with Gasteiger partial charge in [0.25, 0.3) is 5.91 Å². The van der Waals surface area contributed by atoms with E-state index in [2.05, 4.69) is 39.6 Å². The largest absolute Gasteiger partial charge is 0.497 e. The minimum Gasteiger partial charge on any atom is -0.497 e. The quantitative estimate of drug-likeness (QED) is 0.535. The summed E-state index contributed by atoms with van der Waals surface area (Å²) >= 11 is 1.35. The maximum absolute atomic E-state index is 12.3. The Morgan fingerprint density at radius 2 is 1.77 bits per heavy atom. The molecule has 1 aromatic heterocycles. The Balaban J connectivity index is 1.41. The molecule has 0 fully saturated rings. The maximum Gasteiger partial charge on any atom is 0.282 e. The zero-order valence-electron chi connectivity index (χ0n) is 17.7. The molecule has 1 N–H and O–H groups in total. The molecule has 3 aromatic rings. The number of aromatic nitrogens is 2. The molecule has 1 heterocycles. The number of carbonyl (C=O) groups is 1. The molecule has 0 unspecified atom stereocenters. The molecule has 0 aliphatic carbocycles. The normalized spacial score (nSPS) is 10.9. The van der Waals surface area contributed by atoms with E-state index >= 15 is 0 Å². The van der Waals surface area contributed by atoms with E-state index in [1.54, 1.807) is 7.11 Å². The zero-order valence-corrected chi connectivity index (χ0v) is 18.5. The van der Waals surface area contributed by atoms with Gasteiger partial charge in [-0.15, -0.1) is 10.2 Å². The number of amides is 1. The topological polar surface area (TPSA) is 67.3 Å². The van der Waals surface area contributed by atoms with Gasteiger partial charge in [0.05, 0.1) is 13.7 Å². The number of rotatable bonds is 10. The molecule has 1 amide bonds. The predicted octanol–water partition coefficient (Wildman–Crippen LogP) is 3.85. The first-order chi connectivity index (χ1) is 14.5. The number of methoxy groups -OCH3 is 1. The van der Waals surface area contributed by atoms with Gasteiger partial charge in [0.15, 0.2) is 0 Å². The molecule has 0 aliphatic heterocycles. The second-order valence-corrected chi connectivity index (χ2v) is 8.42. The van der Waals surface area contributed by atoms with E-state index in [1.165, 1.54) is 22.5 Å². The average Bonchev–Trinajstić information content (AvgIpc) is 3.22. The highest BCUT2D eigenvalue weighted by atomic mass is 32.1. The van der Waals surface area contributed by atoms with Gasteiger partial charge in [-0.3, -0.25) is 9.69 Å². The minimum atomic E-state index is -0.179. The maximum atomic E-state index is 12.3. The van der Waals surface area contributed by atoms with Gasteiger partial charge in [-0.25, -0.2) is 0 Å². The molecule has 3 rings (SSSR count). The van der Waals surface area contributed by atoms with Crippen molar-refractivity contribution in [3.8, 4) is 5.75 Å². The van der Waals surface area contributed by atoms with Crippen LogP contribution in [0.4, 0.5) is 0 Å². The number of ether oxygens (including phenoxy) is 1. The van der Waals surface area contributed by atoms with Crippen LogP contribution in [0.2, 0.25) is 0 Å². The van der Waals surface area contributed by atoms with Crippen LogP contribution in [0.15, 0.2) is 48.5 Å². The summed E-state index contributed by atoms with van der Waals surface area (Å²) in [4.78, 5) is 14.5. The highest BCUT2D eigenvalue weighted by molar-refractivity contribution is 7.13. The Bertz CT molecular complexity index is 939. The van der Waals surface area contributed by atoms with E-state index in [9.17, 15) is 4.79 Å². The average molecular weight is 425 g/mol. The van der Waals surface area contributed by atoms with Gasteiger partial charge >= 0.3 is 0 Å². The number of hydrogen-bond donors (Lipinski definition) is 1. The van der Waals surface area contributed by atoms with Crippen LogP contribution in [-0.4, -0.2) is 41.7 Å². The molecular weight excluding hydrogens is 396 g/mol. The van der Waals surface area contributed by atoms with Crippen molar-refractivity contribution >= 4 is 17.2 Å². The summed E-state index contributed by atoms with van der Waals surface area (Å²) in [5, 5.41) is 12.4. The van der Waals surface area contributed by atoms with Gasteiger partial charge in [0.2, 0.25) is 5.01 Å². The van der Waals surface area contributed by atoms with E-state index in [1.807, 2.05) is 43.3 Å². The van der Waals surface area contributed by atoms with E-state index in [0.717, 1.165) is 35.7 Å². The number of nitrogens with zero attached hydrogens (tertiary/aromatic N) is 3. The van der Waals surface area contributed by atoms with Gasteiger partial charge in [-0.2, -0.15) is 0 Å². The third-order valence-corrected chi connectivity index (χ3v) is 5.71. The van der Waals surface area contributed by atoms with Crippen LogP contribution in [0.5, 0.6) is 5.75 Å². The lowest BCUT2D eigenvalue weighted by molar-refractivity contribution is 0.0950. The van der Waals surface area contributed by atoms with Crippen LogP contribution in [0.3, 0.4) is 0 Å². The third kappa shape index (κ3) is 6.64. The standard InChI is InChI=1S/C23H28N4O2S/c1-17-6-8-19(9-7-17)15-24-22(28)23-26-25-21(30-23)16-27(2)14-4-5-18-10-12-20(29-3)13-11-18/h6-13H,4-5,14-16H2,1-3H3,(H,24,28). The lowest BCUT2D eigenvalue weighted by Crippen LogP contribution is -2.22. The molecule has 0 atom stereocenters. The van der Waals surface area contributed by atoms with Crippen LogP contribution in [0, 0.1) is 6.92 Å². The van der Waals surface area contributed by atoms with Crippen LogP contribution in [0.25, 0.3) is 0 Å². The molecule has 0 saturated heterocycles. The van der Waals surface area contributed by atoms with Crippen molar-refractivity contribution in [2.75, 3.05) is 20.7 Å². The molecule has 158 valence electrons. The van der Waals surface area contributed by atoms with Crippen molar-refractivity contribution in [2.45, 2.75) is 32.9 Å². The van der Waals surface area contributed by atoms with Crippen molar-refractivity contribution in [1.82, 2.24) is 20.4 Å². The van der Waals surface area contributed by atoms with Gasteiger partial charge in [0, 0.05) is 6.54 Å².